The van der Waals surface area contributed by atoms with E-state index in [9.17, 15) is 14.7 Å². The monoisotopic (exact) mass is 583 g/mol. The lowest BCUT2D eigenvalue weighted by Gasteiger charge is -2.55. The fourth-order valence-electron chi connectivity index (χ4n) is 8.08. The molecule has 1 saturated carbocycles. The molecule has 0 radical (unpaired) electrons. The Kier molecular flexibility index (Phi) is 9.19. The second-order valence-electron chi connectivity index (χ2n) is 14.3. The number of nitrogens with zero attached hydrogens (tertiary/aromatic N) is 5. The average Bonchev–Trinajstić information content (AvgIpc) is 2.95. The van der Waals surface area contributed by atoms with Crippen molar-refractivity contribution in [2.45, 2.75) is 122 Å². The van der Waals surface area contributed by atoms with Crippen LogP contribution >= 0.6 is 0 Å². The van der Waals surface area contributed by atoms with E-state index in [0.29, 0.717) is 17.4 Å². The summed E-state index contributed by atoms with van der Waals surface area (Å²) in [6.07, 6.45) is 12.0. The van der Waals surface area contributed by atoms with Crippen molar-refractivity contribution in [3.05, 3.63) is 23.3 Å². The predicted octanol–water partition coefficient (Wildman–Crippen LogP) is 5.12. The fourth-order valence-corrected chi connectivity index (χ4v) is 8.08. The minimum Gasteiger partial charge on any atom is -0.442 e. The lowest BCUT2D eigenvalue weighted by molar-refractivity contribution is -0.135. The predicted molar refractivity (Wildman–Crippen MR) is 162 cm³/mol. The number of unbranched alkanes of at least 4 members (excludes halogenated alkanes) is 1. The lowest BCUT2D eigenvalue weighted by atomic mass is 9.73. The summed E-state index contributed by atoms with van der Waals surface area (Å²) >= 11 is 0. The van der Waals surface area contributed by atoms with Gasteiger partial charge in [-0.2, -0.15) is 0 Å². The molecule has 234 valence electrons. The highest BCUT2D eigenvalue weighted by atomic mass is 16.6. The van der Waals surface area contributed by atoms with E-state index in [1.54, 1.807) is 0 Å². The first-order valence-electron chi connectivity index (χ1n) is 16.5. The molecular formula is C33H53N5O4. The molecule has 0 bridgehead atoms. The topological polar surface area (TPSA) is 99.1 Å². The minimum absolute atomic E-state index is 0.0292. The van der Waals surface area contributed by atoms with Crippen molar-refractivity contribution in [2.24, 2.45) is 11.8 Å². The molecule has 9 nitrogen and oxygen atoms in total. The number of aromatic nitrogens is 2. The number of amides is 2. The molecular weight excluding hydrogens is 530 g/mol. The third kappa shape index (κ3) is 6.47. The Balaban J connectivity index is 1.19. The van der Waals surface area contributed by atoms with Crippen molar-refractivity contribution in [3.63, 3.8) is 0 Å². The zero-order valence-electron chi connectivity index (χ0n) is 26.7. The first-order chi connectivity index (χ1) is 20.0. The number of rotatable bonds is 7. The van der Waals surface area contributed by atoms with Gasteiger partial charge < -0.3 is 19.6 Å². The van der Waals surface area contributed by atoms with Gasteiger partial charge in [0.2, 0.25) is 0 Å². The molecule has 3 aliphatic heterocycles. The maximum atomic E-state index is 13.4. The van der Waals surface area contributed by atoms with E-state index in [0.717, 1.165) is 121 Å². The summed E-state index contributed by atoms with van der Waals surface area (Å²) in [7, 11) is 0. The van der Waals surface area contributed by atoms with Crippen molar-refractivity contribution in [1.82, 2.24) is 24.7 Å². The average molecular weight is 584 g/mol. The number of likely N-dealkylation sites (tertiary alicyclic amines) is 2. The fraction of sp³-hybridized carbons (Fsp3) is 0.818. The lowest BCUT2D eigenvalue weighted by Crippen LogP contribution is -2.64. The summed E-state index contributed by atoms with van der Waals surface area (Å²) in [5, 5.41) is 10.4. The number of hydrogen-bond donors (Lipinski definition) is 1. The molecule has 4 fully saturated rings. The van der Waals surface area contributed by atoms with Crippen LogP contribution in [0.5, 0.6) is 0 Å². The van der Waals surface area contributed by atoms with E-state index in [4.69, 9.17) is 4.74 Å². The van der Waals surface area contributed by atoms with E-state index in [-0.39, 0.29) is 23.1 Å². The van der Waals surface area contributed by atoms with Crippen LogP contribution in [-0.2, 0) is 4.74 Å². The Morgan fingerprint density at radius 3 is 2.21 bits per heavy atom. The molecule has 0 aromatic carbocycles. The van der Waals surface area contributed by atoms with Gasteiger partial charge in [-0.3, -0.25) is 9.69 Å². The van der Waals surface area contributed by atoms with Gasteiger partial charge in [0.05, 0.1) is 22.6 Å². The van der Waals surface area contributed by atoms with Crippen LogP contribution in [0.3, 0.4) is 0 Å². The SMILES string of the molecule is CCCC[C@H]1CN(CC2CCC(C)(O)CC2)C(=O)OC12CCN(C1(C)CCN(C(=O)c3c(C)ncnc3C)CC1)CC2. The summed E-state index contributed by atoms with van der Waals surface area (Å²) in [6, 6.07) is 0. The Hall–Kier alpha value is -2.26. The molecule has 1 spiro atoms. The van der Waals surface area contributed by atoms with Crippen LogP contribution in [-0.4, -0.2) is 97.8 Å². The first kappa shape index (κ1) is 31.2. The van der Waals surface area contributed by atoms with Crippen LogP contribution < -0.4 is 0 Å². The van der Waals surface area contributed by atoms with Crippen LogP contribution in [0, 0.1) is 25.7 Å². The molecule has 1 aliphatic carbocycles. The van der Waals surface area contributed by atoms with E-state index >= 15 is 0 Å². The highest BCUT2D eigenvalue weighted by Gasteiger charge is 2.52. The second kappa shape index (κ2) is 12.4. The Labute approximate surface area is 252 Å². The highest BCUT2D eigenvalue weighted by molar-refractivity contribution is 5.96. The Morgan fingerprint density at radius 2 is 1.62 bits per heavy atom. The normalized spacial score (nSPS) is 29.9. The van der Waals surface area contributed by atoms with Crippen molar-refractivity contribution in [2.75, 3.05) is 39.3 Å². The molecule has 3 saturated heterocycles. The molecule has 1 aromatic heterocycles. The Bertz CT molecular complexity index is 1090. The molecule has 2 amide bonds. The maximum absolute atomic E-state index is 13.4. The third-order valence-electron chi connectivity index (χ3n) is 11.2. The zero-order chi connectivity index (χ0) is 30.1. The van der Waals surface area contributed by atoms with E-state index in [1.165, 1.54) is 6.33 Å². The smallest absolute Gasteiger partial charge is 0.410 e. The molecule has 4 aliphatic rings. The zero-order valence-corrected chi connectivity index (χ0v) is 26.7. The van der Waals surface area contributed by atoms with Crippen LogP contribution in [0.1, 0.15) is 113 Å². The van der Waals surface area contributed by atoms with Crippen molar-refractivity contribution in [3.8, 4) is 0 Å². The number of piperidine rings is 2. The summed E-state index contributed by atoms with van der Waals surface area (Å²) < 4.78 is 6.45. The number of ether oxygens (including phenoxy) is 1. The number of carbonyl (C=O) groups is 2. The quantitative estimate of drug-likeness (QED) is 0.476. The van der Waals surface area contributed by atoms with E-state index in [2.05, 4.69) is 28.7 Å². The van der Waals surface area contributed by atoms with E-state index < -0.39 is 5.60 Å². The molecule has 42 heavy (non-hydrogen) atoms. The summed E-state index contributed by atoms with van der Waals surface area (Å²) in [6.45, 7) is 15.1. The van der Waals surface area contributed by atoms with Gasteiger partial charge in [0, 0.05) is 63.6 Å². The summed E-state index contributed by atoms with van der Waals surface area (Å²) in [4.78, 5) is 41.8. The molecule has 1 N–H and O–H groups in total. The van der Waals surface area contributed by atoms with Gasteiger partial charge in [-0.05, 0) is 78.6 Å². The molecule has 1 atom stereocenters. The number of hydrogen-bond acceptors (Lipinski definition) is 7. The molecule has 1 aromatic rings. The van der Waals surface area contributed by atoms with Crippen LogP contribution in [0.4, 0.5) is 4.79 Å². The van der Waals surface area contributed by atoms with Crippen molar-refractivity contribution >= 4 is 12.0 Å². The van der Waals surface area contributed by atoms with Gasteiger partial charge >= 0.3 is 6.09 Å². The first-order valence-corrected chi connectivity index (χ1v) is 16.5. The largest absolute Gasteiger partial charge is 0.442 e. The van der Waals surface area contributed by atoms with Crippen molar-refractivity contribution in [1.29, 1.82) is 0 Å². The minimum atomic E-state index is -0.557. The van der Waals surface area contributed by atoms with Crippen LogP contribution in [0.25, 0.3) is 0 Å². The standard InChI is InChI=1S/C33H53N5O4/c1-6-7-8-27-22-37(21-26-9-11-32(5,41)12-10-26)30(40)42-33(27)15-19-38(20-16-33)31(4)13-17-36(18-14-31)29(39)28-24(2)34-23-35-25(28)3/h23,26-27,41H,6-22H2,1-5H3/t26?,27-,32?/m0/s1. The molecule has 0 unspecified atom stereocenters. The maximum Gasteiger partial charge on any atom is 0.410 e. The Morgan fingerprint density at radius 1 is 1.00 bits per heavy atom. The summed E-state index contributed by atoms with van der Waals surface area (Å²) in [5.41, 5.74) is 1.23. The van der Waals surface area contributed by atoms with Gasteiger partial charge in [-0.25, -0.2) is 14.8 Å². The number of aryl methyl sites for hydroxylation is 2. The molecule has 9 heteroatoms. The molecule has 5 rings (SSSR count). The highest BCUT2D eigenvalue weighted by Crippen LogP contribution is 2.44. The molecule has 4 heterocycles. The third-order valence-corrected chi connectivity index (χ3v) is 11.2. The summed E-state index contributed by atoms with van der Waals surface area (Å²) in [5.74, 6) is 0.845. The second-order valence-corrected chi connectivity index (χ2v) is 14.3. The van der Waals surface area contributed by atoms with Gasteiger partial charge in [0.15, 0.2) is 0 Å². The van der Waals surface area contributed by atoms with Crippen LogP contribution in [0.15, 0.2) is 6.33 Å². The number of carbonyl (C=O) groups excluding carboxylic acids is 2. The van der Waals surface area contributed by atoms with Crippen molar-refractivity contribution < 1.29 is 19.4 Å². The number of aliphatic hydroxyl groups is 1. The van der Waals surface area contributed by atoms with Gasteiger partial charge in [-0.15, -0.1) is 0 Å². The van der Waals surface area contributed by atoms with Gasteiger partial charge in [-0.1, -0.05) is 19.8 Å². The van der Waals surface area contributed by atoms with Gasteiger partial charge in [0.1, 0.15) is 11.9 Å². The van der Waals surface area contributed by atoms with Crippen LogP contribution in [0.2, 0.25) is 0 Å². The van der Waals surface area contributed by atoms with E-state index in [1.807, 2.05) is 30.6 Å². The van der Waals surface area contributed by atoms with Gasteiger partial charge in [0.25, 0.3) is 5.91 Å².